The Morgan fingerprint density at radius 1 is 1.06 bits per heavy atom. The Morgan fingerprint density at radius 3 is 1.82 bits per heavy atom. The van der Waals surface area contributed by atoms with E-state index in [2.05, 4.69) is 9.47 Å². The van der Waals surface area contributed by atoms with Crippen LogP contribution in [0.2, 0.25) is 0 Å². The summed E-state index contributed by atoms with van der Waals surface area (Å²) in [5.74, 6) is -1.32. The second-order valence-electron chi connectivity index (χ2n) is 3.97. The van der Waals surface area contributed by atoms with E-state index >= 15 is 0 Å². The topological polar surface area (TPSA) is 72.9 Å². The number of hydrogen-bond acceptors (Lipinski definition) is 5. The Balaban J connectivity index is 2.59. The van der Waals surface area contributed by atoms with E-state index in [-0.39, 0.29) is 24.9 Å². The van der Waals surface area contributed by atoms with E-state index in [1.165, 1.54) is 19.1 Å². The third-order valence-electron chi connectivity index (χ3n) is 2.86. The van der Waals surface area contributed by atoms with Crippen molar-refractivity contribution in [1.82, 2.24) is 4.90 Å². The molecule has 0 unspecified atom stereocenters. The van der Waals surface area contributed by atoms with Crippen LogP contribution >= 0.6 is 0 Å². The van der Waals surface area contributed by atoms with Crippen LogP contribution in [0, 0.1) is 5.92 Å². The van der Waals surface area contributed by atoms with Crippen molar-refractivity contribution in [3.8, 4) is 0 Å². The molecule has 0 spiro atoms. The molecule has 0 bridgehead atoms. The van der Waals surface area contributed by atoms with Crippen LogP contribution in [0.5, 0.6) is 0 Å². The number of esters is 2. The molecule has 17 heavy (non-hydrogen) atoms. The van der Waals surface area contributed by atoms with Gasteiger partial charge >= 0.3 is 11.9 Å². The Labute approximate surface area is 99.9 Å². The highest BCUT2D eigenvalue weighted by molar-refractivity contribution is 5.87. The van der Waals surface area contributed by atoms with Gasteiger partial charge in [-0.3, -0.25) is 14.4 Å². The van der Waals surface area contributed by atoms with Gasteiger partial charge in [0.15, 0.2) is 0 Å². The third-order valence-corrected chi connectivity index (χ3v) is 2.86. The Bertz CT molecular complexity index is 293. The minimum Gasteiger partial charge on any atom is -0.468 e. The molecule has 1 fully saturated rings. The first-order valence-electron chi connectivity index (χ1n) is 5.51. The number of carbonyl (C=O) groups excluding carboxylic acids is 3. The molecule has 0 aliphatic heterocycles. The van der Waals surface area contributed by atoms with Crippen LogP contribution in [-0.4, -0.2) is 50.1 Å². The average molecular weight is 243 g/mol. The monoisotopic (exact) mass is 243 g/mol. The molecule has 1 aliphatic carbocycles. The molecule has 96 valence electrons. The highest BCUT2D eigenvalue weighted by Crippen LogP contribution is 2.28. The van der Waals surface area contributed by atoms with Gasteiger partial charge in [0.1, 0.15) is 13.1 Å². The normalized spacial score (nSPS) is 14.7. The predicted molar refractivity (Wildman–Crippen MR) is 58.0 cm³/mol. The van der Waals surface area contributed by atoms with Crippen molar-refractivity contribution >= 4 is 17.8 Å². The molecule has 0 aromatic heterocycles. The summed E-state index contributed by atoms with van der Waals surface area (Å²) in [6.45, 7) is -0.415. The van der Waals surface area contributed by atoms with Gasteiger partial charge in [-0.2, -0.15) is 0 Å². The molecule has 6 nitrogen and oxygen atoms in total. The molecular formula is C11H17NO5. The fourth-order valence-electron chi connectivity index (χ4n) is 1.57. The van der Waals surface area contributed by atoms with Gasteiger partial charge in [-0.1, -0.05) is 6.42 Å². The second-order valence-corrected chi connectivity index (χ2v) is 3.97. The van der Waals surface area contributed by atoms with E-state index in [0.29, 0.717) is 0 Å². The van der Waals surface area contributed by atoms with Crippen LogP contribution in [0.25, 0.3) is 0 Å². The molecule has 1 amide bonds. The molecule has 1 aliphatic rings. The second kappa shape index (κ2) is 6.22. The summed E-state index contributed by atoms with van der Waals surface area (Å²) < 4.78 is 8.99. The SMILES string of the molecule is COC(=O)CN(CC(=O)OC)C(=O)C1CCC1. The quantitative estimate of drug-likeness (QED) is 0.633. The first kappa shape index (κ1) is 13.5. The van der Waals surface area contributed by atoms with Gasteiger partial charge in [-0.05, 0) is 12.8 Å². The summed E-state index contributed by atoms with van der Waals surface area (Å²) in [6.07, 6.45) is 2.65. The molecule has 0 radical (unpaired) electrons. The Kier molecular flexibility index (Phi) is 4.93. The smallest absolute Gasteiger partial charge is 0.325 e. The van der Waals surface area contributed by atoms with Gasteiger partial charge in [0.25, 0.3) is 0 Å². The van der Waals surface area contributed by atoms with Crippen molar-refractivity contribution in [3.05, 3.63) is 0 Å². The average Bonchev–Trinajstić information content (AvgIpc) is 2.25. The third kappa shape index (κ3) is 3.72. The zero-order valence-electron chi connectivity index (χ0n) is 10.1. The molecule has 0 aromatic rings. The van der Waals surface area contributed by atoms with Crippen molar-refractivity contribution in [2.45, 2.75) is 19.3 Å². The van der Waals surface area contributed by atoms with Gasteiger partial charge < -0.3 is 14.4 Å². The Morgan fingerprint density at radius 2 is 1.53 bits per heavy atom. The molecule has 0 saturated heterocycles. The van der Waals surface area contributed by atoms with E-state index in [1.807, 2.05) is 0 Å². The number of nitrogens with zero attached hydrogens (tertiary/aromatic N) is 1. The molecule has 0 aromatic carbocycles. The lowest BCUT2D eigenvalue weighted by atomic mass is 9.84. The number of hydrogen-bond donors (Lipinski definition) is 0. The highest BCUT2D eigenvalue weighted by atomic mass is 16.5. The molecule has 0 atom stereocenters. The minimum atomic E-state index is -0.540. The molecule has 1 rings (SSSR count). The largest absolute Gasteiger partial charge is 0.468 e. The highest BCUT2D eigenvalue weighted by Gasteiger charge is 2.31. The van der Waals surface area contributed by atoms with E-state index in [9.17, 15) is 14.4 Å². The maximum atomic E-state index is 11.9. The minimum absolute atomic E-state index is 0.0655. The number of rotatable bonds is 5. The van der Waals surface area contributed by atoms with E-state index in [1.54, 1.807) is 0 Å². The lowest BCUT2D eigenvalue weighted by Crippen LogP contribution is -2.44. The summed E-state index contributed by atoms with van der Waals surface area (Å²) in [5, 5.41) is 0. The summed E-state index contributed by atoms with van der Waals surface area (Å²) in [6, 6.07) is 0. The van der Waals surface area contributed by atoms with Gasteiger partial charge in [-0.15, -0.1) is 0 Å². The van der Waals surface area contributed by atoms with Crippen LogP contribution < -0.4 is 0 Å². The van der Waals surface area contributed by atoms with Crippen LogP contribution in [-0.2, 0) is 23.9 Å². The maximum absolute atomic E-state index is 11.9. The van der Waals surface area contributed by atoms with Crippen molar-refractivity contribution in [2.24, 2.45) is 5.92 Å². The fourth-order valence-corrected chi connectivity index (χ4v) is 1.57. The standard InChI is InChI=1S/C11H17NO5/c1-16-9(13)6-12(7-10(14)17-2)11(15)8-4-3-5-8/h8H,3-7H2,1-2H3. The number of ether oxygens (including phenoxy) is 2. The molecular weight excluding hydrogens is 226 g/mol. The summed E-state index contributed by atoms with van der Waals surface area (Å²) in [7, 11) is 2.49. The zero-order chi connectivity index (χ0) is 12.8. The van der Waals surface area contributed by atoms with E-state index in [0.717, 1.165) is 19.3 Å². The van der Waals surface area contributed by atoms with E-state index < -0.39 is 11.9 Å². The zero-order valence-corrected chi connectivity index (χ0v) is 10.1. The molecule has 0 heterocycles. The summed E-state index contributed by atoms with van der Waals surface area (Å²) >= 11 is 0. The van der Waals surface area contributed by atoms with Crippen molar-refractivity contribution < 1.29 is 23.9 Å². The summed E-state index contributed by atoms with van der Waals surface area (Å²) in [5.41, 5.74) is 0. The molecule has 0 N–H and O–H groups in total. The van der Waals surface area contributed by atoms with Crippen LogP contribution in [0.3, 0.4) is 0 Å². The molecule has 1 saturated carbocycles. The first-order valence-corrected chi connectivity index (χ1v) is 5.51. The van der Waals surface area contributed by atoms with Gasteiger partial charge in [-0.25, -0.2) is 0 Å². The lowest BCUT2D eigenvalue weighted by molar-refractivity contribution is -0.154. The van der Waals surface area contributed by atoms with Gasteiger partial charge in [0.05, 0.1) is 14.2 Å². The van der Waals surface area contributed by atoms with Crippen LogP contribution in [0.4, 0.5) is 0 Å². The van der Waals surface area contributed by atoms with Crippen molar-refractivity contribution in [3.63, 3.8) is 0 Å². The Hall–Kier alpha value is -1.59. The fraction of sp³-hybridized carbons (Fsp3) is 0.727. The van der Waals surface area contributed by atoms with Crippen LogP contribution in [0.1, 0.15) is 19.3 Å². The van der Waals surface area contributed by atoms with Crippen molar-refractivity contribution in [2.75, 3.05) is 27.3 Å². The first-order chi connectivity index (χ1) is 8.08. The van der Waals surface area contributed by atoms with E-state index in [4.69, 9.17) is 0 Å². The number of methoxy groups -OCH3 is 2. The lowest BCUT2D eigenvalue weighted by Gasteiger charge is -2.30. The van der Waals surface area contributed by atoms with Gasteiger partial charge in [0.2, 0.25) is 5.91 Å². The van der Waals surface area contributed by atoms with Crippen molar-refractivity contribution in [1.29, 1.82) is 0 Å². The number of amides is 1. The van der Waals surface area contributed by atoms with Gasteiger partial charge in [0, 0.05) is 5.92 Å². The predicted octanol–water partition coefficient (Wildman–Crippen LogP) is -0.0389. The molecule has 6 heteroatoms. The summed E-state index contributed by atoms with van der Waals surface area (Å²) in [4.78, 5) is 35.4. The maximum Gasteiger partial charge on any atom is 0.325 e. The van der Waals surface area contributed by atoms with Crippen LogP contribution in [0.15, 0.2) is 0 Å². The number of carbonyl (C=O) groups is 3.